The van der Waals surface area contributed by atoms with Crippen LogP contribution < -0.4 is 9.64 Å². The van der Waals surface area contributed by atoms with Crippen LogP contribution in [0.5, 0.6) is 5.75 Å². The van der Waals surface area contributed by atoms with Crippen molar-refractivity contribution < 1.29 is 14.3 Å². The van der Waals surface area contributed by atoms with E-state index in [0.29, 0.717) is 13.0 Å². The molecule has 0 aromatic heterocycles. The molecule has 37 heavy (non-hydrogen) atoms. The molecule has 0 amide bonds. The first-order valence-electron chi connectivity index (χ1n) is 13.4. The number of carbonyl (C=O) groups excluding carboxylic acids is 1. The standard InChI is InChI=1S/C31H35N3O3/c1-32-21-26(33-14-4-3-5-15-33)20-29-31(32)34(16-17-37-29)25-10-13-28-23(19-25)8-9-24(30(28)35)18-22-6-11-27(36-2)12-7-22/h6-7,9-13,19-20H,3-5,8,14-18,21H2,1-2H3. The molecule has 3 heterocycles. The van der Waals surface area contributed by atoms with Crippen molar-refractivity contribution in [1.82, 2.24) is 9.80 Å². The smallest absolute Gasteiger partial charge is 0.189 e. The van der Waals surface area contributed by atoms with E-state index in [4.69, 9.17) is 9.47 Å². The highest BCUT2D eigenvalue weighted by atomic mass is 16.5. The number of allylic oxidation sites excluding steroid dienone is 3. The van der Waals surface area contributed by atoms with Crippen LogP contribution in [0, 0.1) is 0 Å². The molecule has 0 bridgehead atoms. The molecule has 0 radical (unpaired) electrons. The van der Waals surface area contributed by atoms with Crippen LogP contribution in [-0.4, -0.2) is 62.5 Å². The van der Waals surface area contributed by atoms with E-state index in [1.807, 2.05) is 30.3 Å². The maximum atomic E-state index is 13.3. The van der Waals surface area contributed by atoms with Crippen LogP contribution in [-0.2, 0) is 17.6 Å². The average molecular weight is 498 g/mol. The fraction of sp³-hybridized carbons (Fsp3) is 0.387. The van der Waals surface area contributed by atoms with Gasteiger partial charge in [-0.1, -0.05) is 18.2 Å². The third-order valence-corrected chi connectivity index (χ3v) is 7.93. The zero-order valence-corrected chi connectivity index (χ0v) is 21.8. The predicted octanol–water partition coefficient (Wildman–Crippen LogP) is 4.92. The second-order valence-electron chi connectivity index (χ2n) is 10.4. The van der Waals surface area contributed by atoms with Crippen LogP contribution in [0.2, 0.25) is 0 Å². The number of fused-ring (bicyclic) bond motifs is 1. The number of ether oxygens (including phenoxy) is 2. The van der Waals surface area contributed by atoms with E-state index in [1.54, 1.807) is 7.11 Å². The molecule has 3 aliphatic heterocycles. The molecule has 0 N–H and O–H groups in total. The molecule has 0 atom stereocenters. The minimum atomic E-state index is 0.134. The highest BCUT2D eigenvalue weighted by Gasteiger charge is 2.31. The summed E-state index contributed by atoms with van der Waals surface area (Å²) in [6.07, 6.45) is 9.63. The summed E-state index contributed by atoms with van der Waals surface area (Å²) in [4.78, 5) is 20.5. The van der Waals surface area contributed by atoms with Gasteiger partial charge in [-0.2, -0.15) is 0 Å². The number of benzene rings is 2. The molecule has 2 aromatic rings. The third kappa shape index (κ3) is 4.61. The summed E-state index contributed by atoms with van der Waals surface area (Å²) in [6.45, 7) is 4.61. The Morgan fingerprint density at radius 1 is 1.00 bits per heavy atom. The lowest BCUT2D eigenvalue weighted by atomic mass is 9.87. The molecule has 1 saturated heterocycles. The van der Waals surface area contributed by atoms with Gasteiger partial charge in [-0.3, -0.25) is 4.79 Å². The lowest BCUT2D eigenvalue weighted by Crippen LogP contribution is -2.45. The van der Waals surface area contributed by atoms with Crippen LogP contribution in [0.1, 0.15) is 40.7 Å². The van der Waals surface area contributed by atoms with E-state index in [2.05, 4.69) is 46.0 Å². The number of ketones is 1. The van der Waals surface area contributed by atoms with Gasteiger partial charge in [0.2, 0.25) is 0 Å². The summed E-state index contributed by atoms with van der Waals surface area (Å²) in [5.41, 5.74) is 6.37. The van der Waals surface area contributed by atoms with Gasteiger partial charge in [0.05, 0.1) is 20.2 Å². The number of likely N-dealkylation sites (tertiary alicyclic amines) is 1. The monoisotopic (exact) mass is 497 g/mol. The number of anilines is 1. The largest absolute Gasteiger partial charge is 0.497 e. The Hall–Kier alpha value is -3.67. The summed E-state index contributed by atoms with van der Waals surface area (Å²) >= 11 is 0. The van der Waals surface area contributed by atoms with Gasteiger partial charge in [0.1, 0.15) is 12.4 Å². The molecule has 2 aromatic carbocycles. The van der Waals surface area contributed by atoms with Crippen molar-refractivity contribution in [3.63, 3.8) is 0 Å². The number of rotatable bonds is 5. The summed E-state index contributed by atoms with van der Waals surface area (Å²) in [5.74, 6) is 3.03. The molecule has 4 aliphatic rings. The quantitative estimate of drug-likeness (QED) is 0.584. The minimum Gasteiger partial charge on any atom is -0.497 e. The highest BCUT2D eigenvalue weighted by Crippen LogP contribution is 2.35. The number of methoxy groups -OCH3 is 1. The van der Waals surface area contributed by atoms with Crippen molar-refractivity contribution in [2.45, 2.75) is 32.1 Å². The number of piperidine rings is 1. The Morgan fingerprint density at radius 3 is 2.59 bits per heavy atom. The lowest BCUT2D eigenvalue weighted by molar-refractivity contribution is 0.102. The van der Waals surface area contributed by atoms with E-state index in [1.165, 1.54) is 25.0 Å². The molecule has 0 spiro atoms. The van der Waals surface area contributed by atoms with Crippen LogP contribution in [0.15, 0.2) is 77.5 Å². The van der Waals surface area contributed by atoms with Crippen molar-refractivity contribution in [3.05, 3.63) is 94.2 Å². The first-order chi connectivity index (χ1) is 18.1. The van der Waals surface area contributed by atoms with Crippen LogP contribution >= 0.6 is 0 Å². The van der Waals surface area contributed by atoms with Gasteiger partial charge in [-0.15, -0.1) is 0 Å². The second-order valence-corrected chi connectivity index (χ2v) is 10.4. The Balaban J connectivity index is 1.23. The molecule has 6 nitrogen and oxygen atoms in total. The van der Waals surface area contributed by atoms with E-state index in [9.17, 15) is 4.79 Å². The summed E-state index contributed by atoms with van der Waals surface area (Å²) in [5, 5.41) is 0. The van der Waals surface area contributed by atoms with Crippen LogP contribution in [0.25, 0.3) is 0 Å². The molecule has 192 valence electrons. The summed E-state index contributed by atoms with van der Waals surface area (Å²) in [6, 6.07) is 14.3. The van der Waals surface area contributed by atoms with Gasteiger partial charge in [0, 0.05) is 55.2 Å². The van der Waals surface area contributed by atoms with E-state index in [0.717, 1.165) is 77.9 Å². The Labute approximate surface area is 219 Å². The zero-order valence-electron chi connectivity index (χ0n) is 21.8. The minimum absolute atomic E-state index is 0.134. The number of Topliss-reactive ketones (excluding diaryl/α,β-unsaturated/α-hetero) is 1. The first-order valence-corrected chi connectivity index (χ1v) is 13.4. The van der Waals surface area contributed by atoms with Crippen LogP contribution in [0.4, 0.5) is 5.69 Å². The molecule has 1 aliphatic carbocycles. The SMILES string of the molecule is COc1ccc(CC2=CCc3cc(N4CCOC5=C4N(C)CC(N4CCCCC4)=C5)ccc3C2=O)cc1. The lowest BCUT2D eigenvalue weighted by Gasteiger charge is -2.43. The fourth-order valence-electron chi connectivity index (χ4n) is 5.94. The molecular weight excluding hydrogens is 462 g/mol. The Kier molecular flexibility index (Phi) is 6.41. The predicted molar refractivity (Wildman–Crippen MR) is 146 cm³/mol. The van der Waals surface area contributed by atoms with Crippen molar-refractivity contribution >= 4 is 11.5 Å². The Morgan fingerprint density at radius 2 is 1.81 bits per heavy atom. The molecule has 0 saturated carbocycles. The van der Waals surface area contributed by atoms with Gasteiger partial charge in [0.25, 0.3) is 0 Å². The van der Waals surface area contributed by atoms with E-state index in [-0.39, 0.29) is 5.78 Å². The van der Waals surface area contributed by atoms with Crippen molar-refractivity contribution in [3.8, 4) is 5.75 Å². The van der Waals surface area contributed by atoms with Crippen molar-refractivity contribution in [2.24, 2.45) is 0 Å². The zero-order chi connectivity index (χ0) is 25.4. The van der Waals surface area contributed by atoms with Gasteiger partial charge in [-0.05, 0) is 67.1 Å². The van der Waals surface area contributed by atoms with E-state index < -0.39 is 0 Å². The van der Waals surface area contributed by atoms with Gasteiger partial charge in [0.15, 0.2) is 17.4 Å². The molecule has 1 fully saturated rings. The third-order valence-electron chi connectivity index (χ3n) is 7.93. The highest BCUT2D eigenvalue weighted by molar-refractivity contribution is 6.11. The number of hydrogen-bond acceptors (Lipinski definition) is 6. The van der Waals surface area contributed by atoms with Crippen molar-refractivity contribution in [1.29, 1.82) is 0 Å². The number of hydrogen-bond donors (Lipinski definition) is 0. The second kappa shape index (κ2) is 10.0. The topological polar surface area (TPSA) is 45.3 Å². The van der Waals surface area contributed by atoms with Gasteiger partial charge < -0.3 is 24.2 Å². The molecular formula is C31H35N3O3. The van der Waals surface area contributed by atoms with E-state index >= 15 is 0 Å². The maximum Gasteiger partial charge on any atom is 0.189 e. The van der Waals surface area contributed by atoms with Gasteiger partial charge in [-0.25, -0.2) is 0 Å². The molecule has 0 unspecified atom stereocenters. The Bertz CT molecular complexity index is 1290. The number of carbonyl (C=O) groups is 1. The molecule has 6 rings (SSSR count). The maximum absolute atomic E-state index is 13.3. The van der Waals surface area contributed by atoms with Gasteiger partial charge >= 0.3 is 0 Å². The number of nitrogens with zero attached hydrogens (tertiary/aromatic N) is 3. The normalized spacial score (nSPS) is 19.6. The molecule has 6 heteroatoms. The summed E-state index contributed by atoms with van der Waals surface area (Å²) < 4.78 is 11.4. The fourth-order valence-corrected chi connectivity index (χ4v) is 5.94. The van der Waals surface area contributed by atoms with Crippen LogP contribution in [0.3, 0.4) is 0 Å². The number of likely N-dealkylation sites (N-methyl/N-ethyl adjacent to an activating group) is 1. The summed E-state index contributed by atoms with van der Waals surface area (Å²) in [7, 11) is 3.82. The average Bonchev–Trinajstić information content (AvgIpc) is 2.95. The van der Waals surface area contributed by atoms with Crippen molar-refractivity contribution in [2.75, 3.05) is 51.8 Å². The first kappa shape index (κ1) is 23.7.